The standard InChI is InChI=1S/C36H49NO4/c1-4-6-8-10-11-12-13-20-28-40-36-33(32-25-19-18-24-31(32)30-22-16-14-17-23-30)26-27-34(35(36)37(38)39)41-29(3)21-15-9-7-5-2/h14,16-19,22-27,29H,4-13,15,20-21,28H2,1-3H3. The number of rotatable bonds is 20. The number of unbranched alkanes of at least 4 members (excludes halogenated alkanes) is 10. The molecular weight excluding hydrogens is 510 g/mol. The van der Waals surface area contributed by atoms with E-state index in [4.69, 9.17) is 9.47 Å². The Labute approximate surface area is 247 Å². The number of nitro groups is 1. The van der Waals surface area contributed by atoms with Crippen molar-refractivity contribution >= 4 is 5.69 Å². The fraction of sp³-hybridized carbons (Fsp3) is 0.500. The van der Waals surface area contributed by atoms with Gasteiger partial charge in [0, 0.05) is 5.56 Å². The number of hydrogen-bond donors (Lipinski definition) is 0. The third kappa shape index (κ3) is 10.2. The highest BCUT2D eigenvalue weighted by atomic mass is 16.6. The molecule has 0 saturated heterocycles. The zero-order valence-electron chi connectivity index (χ0n) is 25.4. The molecule has 3 aromatic rings. The molecule has 0 bridgehead atoms. The summed E-state index contributed by atoms with van der Waals surface area (Å²) in [7, 11) is 0. The smallest absolute Gasteiger partial charge is 0.352 e. The monoisotopic (exact) mass is 559 g/mol. The van der Waals surface area contributed by atoms with Crippen LogP contribution in [0.25, 0.3) is 22.3 Å². The molecule has 0 aliphatic rings. The molecule has 0 spiro atoms. The van der Waals surface area contributed by atoms with E-state index in [2.05, 4.69) is 32.0 Å². The van der Waals surface area contributed by atoms with Crippen LogP contribution in [0.3, 0.4) is 0 Å². The molecule has 0 aromatic heterocycles. The first-order chi connectivity index (χ1) is 20.1. The molecule has 0 amide bonds. The van der Waals surface area contributed by atoms with Crippen molar-refractivity contribution in [1.82, 2.24) is 0 Å². The number of nitrogens with zero attached hydrogens (tertiary/aromatic N) is 1. The maximum Gasteiger partial charge on any atom is 0.352 e. The van der Waals surface area contributed by atoms with Crippen LogP contribution < -0.4 is 9.47 Å². The minimum absolute atomic E-state index is 0.0784. The number of hydrogen-bond acceptors (Lipinski definition) is 4. The molecule has 1 atom stereocenters. The van der Waals surface area contributed by atoms with Crippen LogP contribution in [-0.4, -0.2) is 17.6 Å². The summed E-state index contributed by atoms with van der Waals surface area (Å²) in [4.78, 5) is 12.2. The van der Waals surface area contributed by atoms with Crippen molar-refractivity contribution in [3.8, 4) is 33.8 Å². The zero-order chi connectivity index (χ0) is 29.3. The van der Waals surface area contributed by atoms with E-state index in [0.29, 0.717) is 12.4 Å². The van der Waals surface area contributed by atoms with Gasteiger partial charge in [-0.25, -0.2) is 0 Å². The highest BCUT2D eigenvalue weighted by molar-refractivity contribution is 5.88. The Balaban J connectivity index is 1.89. The first-order valence-corrected chi connectivity index (χ1v) is 15.8. The molecular formula is C36H49NO4. The second-order valence-corrected chi connectivity index (χ2v) is 11.1. The summed E-state index contributed by atoms with van der Waals surface area (Å²) in [6.45, 7) is 6.86. The number of ether oxygens (including phenoxy) is 2. The lowest BCUT2D eigenvalue weighted by atomic mass is 9.93. The highest BCUT2D eigenvalue weighted by Gasteiger charge is 2.29. The average Bonchev–Trinajstić information content (AvgIpc) is 2.99. The topological polar surface area (TPSA) is 61.6 Å². The Kier molecular flexibility index (Phi) is 14.3. The minimum atomic E-state index is -0.336. The summed E-state index contributed by atoms with van der Waals surface area (Å²) in [5.74, 6) is 0.585. The van der Waals surface area contributed by atoms with Gasteiger partial charge in [-0.1, -0.05) is 133 Å². The van der Waals surface area contributed by atoms with Gasteiger partial charge in [0.1, 0.15) is 0 Å². The van der Waals surface area contributed by atoms with Crippen molar-refractivity contribution < 1.29 is 14.4 Å². The minimum Gasteiger partial charge on any atom is -0.486 e. The first-order valence-electron chi connectivity index (χ1n) is 15.8. The Bertz CT molecular complexity index is 1180. The van der Waals surface area contributed by atoms with Gasteiger partial charge in [-0.3, -0.25) is 10.1 Å². The van der Waals surface area contributed by atoms with Crippen molar-refractivity contribution in [2.45, 2.75) is 110 Å². The van der Waals surface area contributed by atoms with Crippen LogP contribution >= 0.6 is 0 Å². The SMILES string of the molecule is CCCCCCCCCCOc1c(-c2ccccc2-c2ccccc2)ccc(OC(C)CCCCCC)c1[N+](=O)[O-]. The second-order valence-electron chi connectivity index (χ2n) is 11.1. The normalized spacial score (nSPS) is 11.8. The molecule has 222 valence electrons. The first kappa shape index (κ1) is 32.2. The van der Waals surface area contributed by atoms with E-state index in [9.17, 15) is 10.1 Å². The fourth-order valence-electron chi connectivity index (χ4n) is 5.31. The van der Waals surface area contributed by atoms with E-state index in [1.54, 1.807) is 6.07 Å². The summed E-state index contributed by atoms with van der Waals surface area (Å²) in [6.07, 6.45) is 14.8. The maximum atomic E-state index is 12.6. The quantitative estimate of drug-likeness (QED) is 0.0784. The predicted octanol–water partition coefficient (Wildman–Crippen LogP) is 11.2. The summed E-state index contributed by atoms with van der Waals surface area (Å²) in [5.41, 5.74) is 3.62. The van der Waals surface area contributed by atoms with Crippen molar-refractivity contribution in [2.24, 2.45) is 0 Å². The molecule has 3 rings (SSSR count). The third-order valence-electron chi connectivity index (χ3n) is 7.62. The van der Waals surface area contributed by atoms with Gasteiger partial charge in [-0.2, -0.15) is 0 Å². The Morgan fingerprint density at radius 3 is 1.93 bits per heavy atom. The maximum absolute atomic E-state index is 12.6. The van der Waals surface area contributed by atoms with Crippen LogP contribution in [0, 0.1) is 10.1 Å². The lowest BCUT2D eigenvalue weighted by molar-refractivity contribution is -0.387. The van der Waals surface area contributed by atoms with Crippen LogP contribution in [0.5, 0.6) is 11.5 Å². The molecule has 0 N–H and O–H groups in total. The van der Waals surface area contributed by atoms with Crippen LogP contribution in [-0.2, 0) is 0 Å². The second kappa shape index (κ2) is 18.2. The van der Waals surface area contributed by atoms with Crippen LogP contribution in [0.1, 0.15) is 104 Å². The van der Waals surface area contributed by atoms with E-state index >= 15 is 0 Å². The molecule has 5 heteroatoms. The lowest BCUT2D eigenvalue weighted by Gasteiger charge is -2.19. The van der Waals surface area contributed by atoms with Crippen molar-refractivity contribution in [2.75, 3.05) is 6.61 Å². The summed E-state index contributed by atoms with van der Waals surface area (Å²) >= 11 is 0. The average molecular weight is 560 g/mol. The molecule has 0 aliphatic heterocycles. The molecule has 5 nitrogen and oxygen atoms in total. The van der Waals surface area contributed by atoms with Crippen molar-refractivity contribution in [1.29, 1.82) is 0 Å². The van der Waals surface area contributed by atoms with Gasteiger partial charge >= 0.3 is 5.69 Å². The van der Waals surface area contributed by atoms with Crippen molar-refractivity contribution in [3.05, 3.63) is 76.8 Å². The molecule has 1 unspecified atom stereocenters. The molecule has 41 heavy (non-hydrogen) atoms. The Morgan fingerprint density at radius 1 is 0.683 bits per heavy atom. The van der Waals surface area contributed by atoms with E-state index < -0.39 is 0 Å². The summed E-state index contributed by atoms with van der Waals surface area (Å²) in [6, 6.07) is 21.8. The third-order valence-corrected chi connectivity index (χ3v) is 7.62. The van der Waals surface area contributed by atoms with Gasteiger partial charge in [0.25, 0.3) is 0 Å². The summed E-state index contributed by atoms with van der Waals surface area (Å²) < 4.78 is 12.5. The molecule has 0 heterocycles. The molecule has 3 aromatic carbocycles. The number of benzene rings is 3. The number of nitro benzene ring substituents is 1. The van der Waals surface area contributed by atoms with Gasteiger partial charge in [0.15, 0.2) is 0 Å². The van der Waals surface area contributed by atoms with Gasteiger partial charge in [0.05, 0.1) is 17.6 Å². The van der Waals surface area contributed by atoms with E-state index in [0.717, 1.165) is 60.8 Å². The van der Waals surface area contributed by atoms with Gasteiger partial charge in [-0.15, -0.1) is 0 Å². The van der Waals surface area contributed by atoms with Crippen LogP contribution in [0.4, 0.5) is 5.69 Å². The highest BCUT2D eigenvalue weighted by Crippen LogP contribution is 2.47. The fourth-order valence-corrected chi connectivity index (χ4v) is 5.31. The van der Waals surface area contributed by atoms with E-state index in [1.807, 2.05) is 49.4 Å². The largest absolute Gasteiger partial charge is 0.486 e. The molecule has 0 aliphatic carbocycles. The Hall–Kier alpha value is -3.34. The van der Waals surface area contributed by atoms with Crippen LogP contribution in [0.15, 0.2) is 66.7 Å². The molecule has 0 saturated carbocycles. The zero-order valence-corrected chi connectivity index (χ0v) is 25.4. The molecule has 0 radical (unpaired) electrons. The van der Waals surface area contributed by atoms with Crippen molar-refractivity contribution in [3.63, 3.8) is 0 Å². The Morgan fingerprint density at radius 2 is 1.27 bits per heavy atom. The van der Waals surface area contributed by atoms with Crippen LogP contribution in [0.2, 0.25) is 0 Å². The predicted molar refractivity (Wildman–Crippen MR) is 171 cm³/mol. The van der Waals surface area contributed by atoms with Gasteiger partial charge in [0.2, 0.25) is 11.5 Å². The summed E-state index contributed by atoms with van der Waals surface area (Å²) in [5, 5.41) is 12.6. The van der Waals surface area contributed by atoms with E-state index in [1.165, 1.54) is 44.9 Å². The van der Waals surface area contributed by atoms with Gasteiger partial charge in [-0.05, 0) is 55.0 Å². The molecule has 0 fully saturated rings. The lowest BCUT2D eigenvalue weighted by Crippen LogP contribution is -2.13. The van der Waals surface area contributed by atoms with Gasteiger partial charge < -0.3 is 9.47 Å². The van der Waals surface area contributed by atoms with E-state index in [-0.39, 0.29) is 22.5 Å².